The molecule has 0 spiro atoms. The molecule has 0 aliphatic rings. The average Bonchev–Trinajstić information content (AvgIpc) is 2.21. The Kier molecular flexibility index (Phi) is 3.70. The third kappa shape index (κ3) is 2.42. The Labute approximate surface area is 76.8 Å². The monoisotopic (exact) mass is 183 g/mol. The first-order valence-electron chi connectivity index (χ1n) is 3.92. The van der Waals surface area contributed by atoms with Crippen LogP contribution in [0.5, 0.6) is 5.75 Å². The second-order valence-corrected chi connectivity index (χ2v) is 2.58. The van der Waals surface area contributed by atoms with Crippen molar-refractivity contribution in [1.29, 1.82) is 0 Å². The Bertz CT molecular complexity index is 244. The van der Waals surface area contributed by atoms with Gasteiger partial charge in [-0.2, -0.15) is 0 Å². The Hall–Kier alpha value is -1.10. The molecule has 13 heavy (non-hydrogen) atoms. The second kappa shape index (κ2) is 4.81. The molecule has 0 bridgehead atoms. The van der Waals surface area contributed by atoms with Crippen LogP contribution in [0.4, 0.5) is 0 Å². The number of aliphatic hydroxyl groups excluding tert-OH is 1. The number of hydrogen-bond acceptors (Lipinski definition) is 4. The van der Waals surface area contributed by atoms with Crippen molar-refractivity contribution >= 4 is 0 Å². The van der Waals surface area contributed by atoms with Crippen molar-refractivity contribution in [3.8, 4) is 5.75 Å². The molecule has 0 saturated heterocycles. The minimum absolute atomic E-state index is 0.136. The van der Waals surface area contributed by atoms with Gasteiger partial charge in [-0.15, -0.1) is 0 Å². The van der Waals surface area contributed by atoms with Crippen molar-refractivity contribution in [2.45, 2.75) is 6.10 Å². The van der Waals surface area contributed by atoms with Gasteiger partial charge in [-0.25, -0.2) is 5.90 Å². The summed E-state index contributed by atoms with van der Waals surface area (Å²) in [6, 6.07) is 7.17. The summed E-state index contributed by atoms with van der Waals surface area (Å²) >= 11 is 0. The van der Waals surface area contributed by atoms with Crippen molar-refractivity contribution < 1.29 is 14.7 Å². The van der Waals surface area contributed by atoms with Gasteiger partial charge in [-0.3, -0.25) is 4.84 Å². The van der Waals surface area contributed by atoms with Gasteiger partial charge in [-0.05, 0) is 17.7 Å². The summed E-state index contributed by atoms with van der Waals surface area (Å²) in [7, 11) is 1.60. The smallest absolute Gasteiger partial charge is 0.127 e. The zero-order valence-corrected chi connectivity index (χ0v) is 7.43. The number of ether oxygens (including phenoxy) is 1. The third-order valence-corrected chi connectivity index (χ3v) is 1.82. The standard InChI is InChI=1S/C9H13NO3/c1-12-8-4-2-7(3-5-8)9(6-11)13-10/h2-5,9,11H,6,10H2,1H3. The maximum atomic E-state index is 8.87. The number of methoxy groups -OCH3 is 1. The van der Waals surface area contributed by atoms with Crippen LogP contribution in [-0.2, 0) is 4.84 Å². The number of hydrogen-bond donors (Lipinski definition) is 2. The molecule has 0 aliphatic carbocycles. The van der Waals surface area contributed by atoms with Crippen LogP contribution in [-0.4, -0.2) is 18.8 Å². The van der Waals surface area contributed by atoms with Crippen molar-refractivity contribution in [2.24, 2.45) is 5.90 Å². The molecular weight excluding hydrogens is 170 g/mol. The van der Waals surface area contributed by atoms with Crippen LogP contribution < -0.4 is 10.6 Å². The summed E-state index contributed by atoms with van der Waals surface area (Å²) < 4.78 is 4.98. The SMILES string of the molecule is COc1ccc(C(CO)ON)cc1. The van der Waals surface area contributed by atoms with Crippen LogP contribution >= 0.6 is 0 Å². The molecule has 1 atom stereocenters. The van der Waals surface area contributed by atoms with Crippen LogP contribution in [0.25, 0.3) is 0 Å². The van der Waals surface area contributed by atoms with Crippen molar-refractivity contribution in [3.05, 3.63) is 29.8 Å². The first-order chi connectivity index (χ1) is 6.31. The Balaban J connectivity index is 2.78. The summed E-state index contributed by atoms with van der Waals surface area (Å²) in [5.74, 6) is 5.76. The molecule has 0 aromatic heterocycles. The fourth-order valence-corrected chi connectivity index (χ4v) is 1.05. The average molecular weight is 183 g/mol. The summed E-state index contributed by atoms with van der Waals surface area (Å²) in [6.45, 7) is -0.136. The molecule has 72 valence electrons. The van der Waals surface area contributed by atoms with E-state index in [4.69, 9.17) is 15.7 Å². The van der Waals surface area contributed by atoms with E-state index >= 15 is 0 Å². The van der Waals surface area contributed by atoms with Crippen molar-refractivity contribution in [2.75, 3.05) is 13.7 Å². The maximum Gasteiger partial charge on any atom is 0.127 e. The number of aliphatic hydroxyl groups is 1. The van der Waals surface area contributed by atoms with E-state index in [1.54, 1.807) is 31.4 Å². The van der Waals surface area contributed by atoms with E-state index in [1.165, 1.54) is 0 Å². The Morgan fingerprint density at radius 1 is 1.38 bits per heavy atom. The van der Waals surface area contributed by atoms with Gasteiger partial charge in [0.1, 0.15) is 11.9 Å². The topological polar surface area (TPSA) is 64.7 Å². The van der Waals surface area contributed by atoms with E-state index in [0.717, 1.165) is 11.3 Å². The number of rotatable bonds is 4. The fourth-order valence-electron chi connectivity index (χ4n) is 1.05. The normalized spacial score (nSPS) is 12.5. The van der Waals surface area contributed by atoms with Gasteiger partial charge in [0.25, 0.3) is 0 Å². The first-order valence-corrected chi connectivity index (χ1v) is 3.92. The minimum Gasteiger partial charge on any atom is -0.497 e. The van der Waals surface area contributed by atoms with Crippen LogP contribution in [0.1, 0.15) is 11.7 Å². The molecule has 1 aromatic rings. The Morgan fingerprint density at radius 3 is 2.38 bits per heavy atom. The van der Waals surface area contributed by atoms with Crippen LogP contribution in [0, 0.1) is 0 Å². The summed E-state index contributed by atoms with van der Waals surface area (Å²) in [4.78, 5) is 4.57. The summed E-state index contributed by atoms with van der Waals surface area (Å²) in [6.07, 6.45) is -0.467. The summed E-state index contributed by atoms with van der Waals surface area (Å²) in [5.41, 5.74) is 0.825. The van der Waals surface area contributed by atoms with Gasteiger partial charge < -0.3 is 9.84 Å². The largest absolute Gasteiger partial charge is 0.497 e. The lowest BCUT2D eigenvalue weighted by Gasteiger charge is -2.11. The molecule has 1 rings (SSSR count). The van der Waals surface area contributed by atoms with Crippen LogP contribution in [0.15, 0.2) is 24.3 Å². The quantitative estimate of drug-likeness (QED) is 0.671. The molecule has 0 fully saturated rings. The molecular formula is C9H13NO3. The lowest BCUT2D eigenvalue weighted by molar-refractivity contribution is 0.0108. The number of nitrogens with two attached hydrogens (primary N) is 1. The van der Waals surface area contributed by atoms with Crippen LogP contribution in [0.2, 0.25) is 0 Å². The van der Waals surface area contributed by atoms with Gasteiger partial charge in [0.15, 0.2) is 0 Å². The van der Waals surface area contributed by atoms with E-state index in [-0.39, 0.29) is 6.61 Å². The molecule has 0 heterocycles. The zero-order chi connectivity index (χ0) is 9.68. The predicted molar refractivity (Wildman–Crippen MR) is 48.1 cm³/mol. The van der Waals surface area contributed by atoms with Gasteiger partial charge in [-0.1, -0.05) is 12.1 Å². The highest BCUT2D eigenvalue weighted by Gasteiger charge is 2.08. The highest BCUT2D eigenvalue weighted by atomic mass is 16.6. The molecule has 1 aromatic carbocycles. The molecule has 0 aliphatic heterocycles. The van der Waals surface area contributed by atoms with Gasteiger partial charge in [0.2, 0.25) is 0 Å². The fraction of sp³-hybridized carbons (Fsp3) is 0.333. The van der Waals surface area contributed by atoms with Crippen molar-refractivity contribution in [3.63, 3.8) is 0 Å². The molecule has 0 radical (unpaired) electrons. The van der Waals surface area contributed by atoms with Crippen LogP contribution in [0.3, 0.4) is 0 Å². The van der Waals surface area contributed by atoms with E-state index in [1.807, 2.05) is 0 Å². The van der Waals surface area contributed by atoms with Gasteiger partial charge >= 0.3 is 0 Å². The third-order valence-electron chi connectivity index (χ3n) is 1.82. The molecule has 4 nitrogen and oxygen atoms in total. The van der Waals surface area contributed by atoms with E-state index in [2.05, 4.69) is 4.84 Å². The first kappa shape index (κ1) is 9.98. The number of benzene rings is 1. The molecule has 3 N–H and O–H groups in total. The maximum absolute atomic E-state index is 8.87. The molecule has 0 amide bonds. The van der Waals surface area contributed by atoms with Crippen molar-refractivity contribution in [1.82, 2.24) is 0 Å². The van der Waals surface area contributed by atoms with E-state index in [9.17, 15) is 0 Å². The zero-order valence-electron chi connectivity index (χ0n) is 7.43. The van der Waals surface area contributed by atoms with Gasteiger partial charge in [0.05, 0.1) is 13.7 Å². The lowest BCUT2D eigenvalue weighted by Crippen LogP contribution is -2.12. The summed E-state index contributed by atoms with van der Waals surface area (Å²) in [5, 5.41) is 8.87. The highest BCUT2D eigenvalue weighted by molar-refractivity contribution is 5.28. The lowest BCUT2D eigenvalue weighted by atomic mass is 10.1. The highest BCUT2D eigenvalue weighted by Crippen LogP contribution is 2.18. The Morgan fingerprint density at radius 2 is 2.00 bits per heavy atom. The second-order valence-electron chi connectivity index (χ2n) is 2.58. The van der Waals surface area contributed by atoms with Gasteiger partial charge in [0, 0.05) is 0 Å². The minimum atomic E-state index is -0.467. The molecule has 0 saturated carbocycles. The molecule has 1 unspecified atom stereocenters. The molecule has 4 heteroatoms. The predicted octanol–water partition coefficient (Wildman–Crippen LogP) is 0.619. The van der Waals surface area contributed by atoms with E-state index < -0.39 is 6.10 Å². The van der Waals surface area contributed by atoms with E-state index in [0.29, 0.717) is 0 Å².